The Balaban J connectivity index is 1.65. The molecule has 0 aliphatic heterocycles. The summed E-state index contributed by atoms with van der Waals surface area (Å²) in [6.07, 6.45) is 0. The maximum absolute atomic E-state index is 11.1. The molecular weight excluding hydrogens is 382 g/mol. The minimum atomic E-state index is -0.134. The second kappa shape index (κ2) is 6.93. The highest BCUT2D eigenvalue weighted by Gasteiger charge is 2.11. The highest BCUT2D eigenvalue weighted by Crippen LogP contribution is 2.30. The molecule has 0 aliphatic rings. The Morgan fingerprint density at radius 2 is 2.22 bits per heavy atom. The molecular formula is C15H12BrN3O3S. The van der Waals surface area contributed by atoms with Gasteiger partial charge < -0.3 is 14.5 Å². The molecule has 0 bridgehead atoms. The van der Waals surface area contributed by atoms with Crippen LogP contribution < -0.4 is 10.1 Å². The Kier molecular flexibility index (Phi) is 4.73. The Bertz CT molecular complexity index is 831. The van der Waals surface area contributed by atoms with Crippen molar-refractivity contribution in [2.45, 2.75) is 13.5 Å². The number of amides is 1. The van der Waals surface area contributed by atoms with Crippen molar-refractivity contribution in [1.29, 1.82) is 0 Å². The largest absolute Gasteiger partial charge is 0.484 e. The molecule has 1 N–H and O–H groups in total. The first-order chi connectivity index (χ1) is 11.1. The maximum atomic E-state index is 11.1. The van der Waals surface area contributed by atoms with Crippen LogP contribution in [0.2, 0.25) is 0 Å². The molecule has 0 radical (unpaired) electrons. The van der Waals surface area contributed by atoms with Gasteiger partial charge in [0.1, 0.15) is 5.75 Å². The molecule has 0 spiro atoms. The Morgan fingerprint density at radius 1 is 1.35 bits per heavy atom. The summed E-state index contributed by atoms with van der Waals surface area (Å²) in [4.78, 5) is 11.9. The van der Waals surface area contributed by atoms with Gasteiger partial charge in [-0.3, -0.25) is 4.79 Å². The van der Waals surface area contributed by atoms with E-state index in [-0.39, 0.29) is 12.5 Å². The lowest BCUT2D eigenvalue weighted by atomic mass is 10.3. The molecule has 0 atom stereocenters. The van der Waals surface area contributed by atoms with Crippen LogP contribution in [0, 0.1) is 0 Å². The zero-order chi connectivity index (χ0) is 16.2. The van der Waals surface area contributed by atoms with Crippen LogP contribution in [0.25, 0.3) is 10.8 Å². The van der Waals surface area contributed by atoms with Gasteiger partial charge in [0.2, 0.25) is 5.91 Å². The van der Waals surface area contributed by atoms with Gasteiger partial charge >= 0.3 is 0 Å². The number of ether oxygens (including phenoxy) is 1. The molecule has 0 aliphatic carbocycles. The van der Waals surface area contributed by atoms with Crippen molar-refractivity contribution in [3.8, 4) is 16.5 Å². The van der Waals surface area contributed by atoms with E-state index in [1.54, 1.807) is 24.3 Å². The quantitative estimate of drug-likeness (QED) is 0.705. The van der Waals surface area contributed by atoms with E-state index >= 15 is 0 Å². The van der Waals surface area contributed by atoms with E-state index in [1.807, 2.05) is 12.1 Å². The van der Waals surface area contributed by atoms with E-state index in [0.29, 0.717) is 23.2 Å². The molecule has 1 aromatic carbocycles. The molecule has 0 saturated heterocycles. The molecule has 0 fully saturated rings. The third-order valence-corrected chi connectivity index (χ3v) is 4.38. The number of nitrogens with one attached hydrogen (secondary N) is 1. The molecule has 3 aromatic rings. The maximum Gasteiger partial charge on any atom is 0.257 e. The van der Waals surface area contributed by atoms with Gasteiger partial charge in [0, 0.05) is 18.7 Å². The fourth-order valence-electron chi connectivity index (χ4n) is 1.85. The average molecular weight is 394 g/mol. The highest BCUT2D eigenvalue weighted by atomic mass is 79.9. The number of carbonyl (C=O) groups excluding carboxylic acids is 1. The molecule has 118 valence electrons. The van der Waals surface area contributed by atoms with Gasteiger partial charge in [0.05, 0.1) is 8.66 Å². The number of thiophene rings is 1. The van der Waals surface area contributed by atoms with Crippen LogP contribution >= 0.6 is 27.3 Å². The van der Waals surface area contributed by atoms with Crippen molar-refractivity contribution in [1.82, 2.24) is 10.2 Å². The lowest BCUT2D eigenvalue weighted by molar-refractivity contribution is -0.114. The first-order valence-corrected chi connectivity index (χ1v) is 8.29. The van der Waals surface area contributed by atoms with Crippen molar-refractivity contribution < 1.29 is 13.9 Å². The monoisotopic (exact) mass is 393 g/mol. The predicted molar refractivity (Wildman–Crippen MR) is 90.4 cm³/mol. The van der Waals surface area contributed by atoms with Gasteiger partial charge in [-0.2, -0.15) is 0 Å². The number of benzene rings is 1. The first-order valence-electron chi connectivity index (χ1n) is 6.69. The average Bonchev–Trinajstić information content (AvgIpc) is 3.13. The van der Waals surface area contributed by atoms with Crippen molar-refractivity contribution in [3.05, 3.63) is 46.1 Å². The van der Waals surface area contributed by atoms with E-state index in [0.717, 1.165) is 8.66 Å². The Hall–Kier alpha value is -2.19. The third kappa shape index (κ3) is 4.17. The number of halogens is 1. The second-order valence-corrected chi connectivity index (χ2v) is 7.07. The lowest BCUT2D eigenvalue weighted by Gasteiger charge is -2.06. The van der Waals surface area contributed by atoms with E-state index < -0.39 is 0 Å². The SMILES string of the molecule is CC(=O)Nc1cccc(OCc2nnc(-c3ccc(Br)s3)o2)c1. The van der Waals surface area contributed by atoms with Gasteiger partial charge in [0.25, 0.3) is 11.8 Å². The van der Waals surface area contributed by atoms with E-state index in [4.69, 9.17) is 9.15 Å². The number of rotatable bonds is 5. The molecule has 2 aromatic heterocycles. The summed E-state index contributed by atoms with van der Waals surface area (Å²) in [6, 6.07) is 10.9. The van der Waals surface area contributed by atoms with Crippen molar-refractivity contribution >= 4 is 38.9 Å². The molecule has 6 nitrogen and oxygen atoms in total. The number of aromatic nitrogens is 2. The van der Waals surface area contributed by atoms with Crippen LogP contribution in [-0.4, -0.2) is 16.1 Å². The van der Waals surface area contributed by atoms with Crippen molar-refractivity contribution in [2.75, 3.05) is 5.32 Å². The lowest BCUT2D eigenvalue weighted by Crippen LogP contribution is -2.05. The summed E-state index contributed by atoms with van der Waals surface area (Å²) < 4.78 is 12.2. The number of hydrogen-bond acceptors (Lipinski definition) is 6. The number of nitrogens with zero attached hydrogens (tertiary/aromatic N) is 2. The number of anilines is 1. The van der Waals surface area contributed by atoms with Crippen LogP contribution in [0.15, 0.2) is 44.6 Å². The van der Waals surface area contributed by atoms with Crippen LogP contribution in [-0.2, 0) is 11.4 Å². The Labute approximate surface area is 144 Å². The van der Waals surface area contributed by atoms with Gasteiger partial charge in [0.15, 0.2) is 6.61 Å². The fourth-order valence-corrected chi connectivity index (χ4v) is 3.16. The normalized spacial score (nSPS) is 10.5. The molecule has 0 saturated carbocycles. The van der Waals surface area contributed by atoms with E-state index in [1.165, 1.54) is 18.3 Å². The Morgan fingerprint density at radius 3 is 2.96 bits per heavy atom. The van der Waals surface area contributed by atoms with E-state index in [2.05, 4.69) is 31.4 Å². The van der Waals surface area contributed by atoms with Crippen LogP contribution in [0.5, 0.6) is 5.75 Å². The second-order valence-electron chi connectivity index (χ2n) is 4.60. The molecule has 2 heterocycles. The molecule has 8 heteroatoms. The van der Waals surface area contributed by atoms with Crippen LogP contribution in [0.1, 0.15) is 12.8 Å². The summed E-state index contributed by atoms with van der Waals surface area (Å²) in [5, 5.41) is 10.7. The number of carbonyl (C=O) groups is 1. The molecule has 3 rings (SSSR count). The van der Waals surface area contributed by atoms with Gasteiger partial charge in [-0.25, -0.2) is 0 Å². The zero-order valence-electron chi connectivity index (χ0n) is 12.1. The first kappa shape index (κ1) is 15.7. The summed E-state index contributed by atoms with van der Waals surface area (Å²) in [5.74, 6) is 1.32. The third-order valence-electron chi connectivity index (χ3n) is 2.77. The highest BCUT2D eigenvalue weighted by molar-refractivity contribution is 9.11. The van der Waals surface area contributed by atoms with Crippen molar-refractivity contribution in [3.63, 3.8) is 0 Å². The topological polar surface area (TPSA) is 77.2 Å². The van der Waals surface area contributed by atoms with Gasteiger partial charge in [-0.1, -0.05) is 6.07 Å². The minimum Gasteiger partial charge on any atom is -0.484 e. The smallest absolute Gasteiger partial charge is 0.257 e. The minimum absolute atomic E-state index is 0.134. The van der Waals surface area contributed by atoms with E-state index in [9.17, 15) is 4.79 Å². The van der Waals surface area contributed by atoms with Crippen molar-refractivity contribution in [2.24, 2.45) is 0 Å². The predicted octanol–water partition coefficient (Wildman–Crippen LogP) is 4.10. The summed E-state index contributed by atoms with van der Waals surface area (Å²) in [5.41, 5.74) is 0.671. The summed E-state index contributed by atoms with van der Waals surface area (Å²) >= 11 is 4.91. The fraction of sp³-hybridized carbons (Fsp3) is 0.133. The van der Waals surface area contributed by atoms with Crippen LogP contribution in [0.4, 0.5) is 5.69 Å². The van der Waals surface area contributed by atoms with Gasteiger partial charge in [-0.15, -0.1) is 21.5 Å². The molecule has 1 amide bonds. The van der Waals surface area contributed by atoms with Crippen LogP contribution in [0.3, 0.4) is 0 Å². The van der Waals surface area contributed by atoms with Gasteiger partial charge in [-0.05, 0) is 40.2 Å². The molecule has 23 heavy (non-hydrogen) atoms. The summed E-state index contributed by atoms with van der Waals surface area (Å²) in [7, 11) is 0. The molecule has 0 unspecified atom stereocenters. The number of hydrogen-bond donors (Lipinski definition) is 1. The zero-order valence-corrected chi connectivity index (χ0v) is 14.5. The standard InChI is InChI=1S/C15H12BrN3O3S/c1-9(20)17-10-3-2-4-11(7-10)21-8-14-18-19-15(22-14)12-5-6-13(16)23-12/h2-7H,8H2,1H3,(H,17,20). The summed E-state index contributed by atoms with van der Waals surface area (Å²) in [6.45, 7) is 1.61.